The Kier molecular flexibility index (Phi) is 3.70. The van der Waals surface area contributed by atoms with Gasteiger partial charge >= 0.3 is 0 Å². The van der Waals surface area contributed by atoms with Crippen LogP contribution in [0.15, 0.2) is 40.9 Å². The van der Waals surface area contributed by atoms with Crippen molar-refractivity contribution < 1.29 is 0 Å². The molecule has 0 aromatic heterocycles. The predicted octanol–water partition coefficient (Wildman–Crippen LogP) is 4.83. The molecule has 2 aromatic carbocycles. The molecule has 0 heterocycles. The second-order valence-electron chi connectivity index (χ2n) is 5.48. The molecule has 0 aliphatic heterocycles. The van der Waals surface area contributed by atoms with Crippen LogP contribution in [0.3, 0.4) is 0 Å². The highest BCUT2D eigenvalue weighted by atomic mass is 79.9. The molecule has 1 aliphatic rings. The average molecular weight is 331 g/mol. The number of anilines is 2. The number of halogens is 1. The quantitative estimate of drug-likeness (QED) is 0.774. The van der Waals surface area contributed by atoms with Gasteiger partial charge in [-0.2, -0.15) is 0 Å². The molecule has 0 fully saturated rings. The first kappa shape index (κ1) is 13.5. The first-order valence-corrected chi connectivity index (χ1v) is 7.84. The maximum atomic E-state index is 5.94. The molecule has 104 valence electrons. The second-order valence-corrected chi connectivity index (χ2v) is 6.33. The summed E-state index contributed by atoms with van der Waals surface area (Å²) in [5.74, 6) is 0. The Labute approximate surface area is 128 Å². The van der Waals surface area contributed by atoms with Gasteiger partial charge in [-0.1, -0.05) is 24.3 Å². The molecule has 0 radical (unpaired) electrons. The van der Waals surface area contributed by atoms with Crippen molar-refractivity contribution >= 4 is 27.3 Å². The summed E-state index contributed by atoms with van der Waals surface area (Å²) >= 11 is 3.61. The van der Waals surface area contributed by atoms with E-state index in [1.54, 1.807) is 0 Å². The number of rotatable bonds is 2. The van der Waals surface area contributed by atoms with Crippen molar-refractivity contribution in [3.8, 4) is 0 Å². The Bertz CT molecular complexity index is 637. The van der Waals surface area contributed by atoms with Gasteiger partial charge in [0, 0.05) is 15.8 Å². The standard InChI is InChI=1S/C17H19BrN2/c1-11-9-17(14(18)10-15(11)19)20-16-8-4-6-12-5-2-3-7-13(12)16/h2-3,5,7,9-10,16,20H,4,6,8,19H2,1H3. The lowest BCUT2D eigenvalue weighted by Gasteiger charge is -2.28. The summed E-state index contributed by atoms with van der Waals surface area (Å²) in [5, 5.41) is 3.67. The van der Waals surface area contributed by atoms with Gasteiger partial charge in [0.1, 0.15) is 0 Å². The van der Waals surface area contributed by atoms with E-state index in [1.807, 2.05) is 13.0 Å². The topological polar surface area (TPSA) is 38.0 Å². The summed E-state index contributed by atoms with van der Waals surface area (Å²) in [6.07, 6.45) is 3.60. The van der Waals surface area contributed by atoms with Crippen LogP contribution in [0.1, 0.15) is 35.6 Å². The number of fused-ring (bicyclic) bond motifs is 1. The van der Waals surface area contributed by atoms with Gasteiger partial charge in [-0.3, -0.25) is 0 Å². The van der Waals surface area contributed by atoms with Crippen LogP contribution in [0, 0.1) is 6.92 Å². The highest BCUT2D eigenvalue weighted by Gasteiger charge is 2.20. The summed E-state index contributed by atoms with van der Waals surface area (Å²) in [7, 11) is 0. The zero-order valence-electron chi connectivity index (χ0n) is 11.6. The van der Waals surface area contributed by atoms with Gasteiger partial charge in [-0.25, -0.2) is 0 Å². The minimum atomic E-state index is 0.388. The van der Waals surface area contributed by atoms with Crippen molar-refractivity contribution in [1.82, 2.24) is 0 Å². The van der Waals surface area contributed by atoms with E-state index in [4.69, 9.17) is 5.73 Å². The molecular formula is C17H19BrN2. The Hall–Kier alpha value is -1.48. The third-order valence-corrected chi connectivity index (χ3v) is 4.71. The Morgan fingerprint density at radius 3 is 2.90 bits per heavy atom. The lowest BCUT2D eigenvalue weighted by atomic mass is 9.87. The number of aryl methyl sites for hydroxylation is 2. The molecule has 0 saturated carbocycles. The second kappa shape index (κ2) is 5.49. The van der Waals surface area contributed by atoms with Crippen molar-refractivity contribution in [3.05, 3.63) is 57.6 Å². The number of hydrogen-bond donors (Lipinski definition) is 2. The first-order chi connectivity index (χ1) is 9.65. The predicted molar refractivity (Wildman–Crippen MR) is 89.0 cm³/mol. The van der Waals surface area contributed by atoms with E-state index in [-0.39, 0.29) is 0 Å². The maximum Gasteiger partial charge on any atom is 0.0517 e. The largest absolute Gasteiger partial charge is 0.398 e. The lowest BCUT2D eigenvalue weighted by molar-refractivity contribution is 0.600. The van der Waals surface area contributed by atoms with Gasteiger partial charge in [-0.05, 0) is 70.9 Å². The van der Waals surface area contributed by atoms with E-state index in [1.165, 1.54) is 30.4 Å². The highest BCUT2D eigenvalue weighted by molar-refractivity contribution is 9.10. The van der Waals surface area contributed by atoms with Gasteiger partial charge in [-0.15, -0.1) is 0 Å². The van der Waals surface area contributed by atoms with Crippen LogP contribution in [-0.4, -0.2) is 0 Å². The molecule has 2 nitrogen and oxygen atoms in total. The lowest BCUT2D eigenvalue weighted by Crippen LogP contribution is -2.17. The van der Waals surface area contributed by atoms with E-state index in [2.05, 4.69) is 51.6 Å². The number of nitrogen functional groups attached to an aromatic ring is 1. The molecule has 0 saturated heterocycles. The van der Waals surface area contributed by atoms with Crippen LogP contribution in [0.25, 0.3) is 0 Å². The maximum absolute atomic E-state index is 5.94. The van der Waals surface area contributed by atoms with Crippen LogP contribution in [0.5, 0.6) is 0 Å². The molecule has 3 rings (SSSR count). The molecule has 0 amide bonds. The van der Waals surface area contributed by atoms with Crippen molar-refractivity contribution in [2.24, 2.45) is 0 Å². The molecule has 3 heteroatoms. The average Bonchev–Trinajstić information content (AvgIpc) is 2.45. The smallest absolute Gasteiger partial charge is 0.0517 e. The molecule has 1 aliphatic carbocycles. The van der Waals surface area contributed by atoms with Crippen molar-refractivity contribution in [2.45, 2.75) is 32.2 Å². The van der Waals surface area contributed by atoms with E-state index >= 15 is 0 Å². The van der Waals surface area contributed by atoms with Gasteiger partial charge in [0.05, 0.1) is 6.04 Å². The zero-order chi connectivity index (χ0) is 14.1. The van der Waals surface area contributed by atoms with Gasteiger partial charge in [0.25, 0.3) is 0 Å². The molecule has 0 spiro atoms. The van der Waals surface area contributed by atoms with E-state index in [0.29, 0.717) is 6.04 Å². The van der Waals surface area contributed by atoms with Crippen LogP contribution >= 0.6 is 15.9 Å². The Morgan fingerprint density at radius 2 is 2.05 bits per heavy atom. The minimum absolute atomic E-state index is 0.388. The van der Waals surface area contributed by atoms with E-state index in [9.17, 15) is 0 Å². The van der Waals surface area contributed by atoms with E-state index < -0.39 is 0 Å². The number of nitrogens with one attached hydrogen (secondary N) is 1. The number of benzene rings is 2. The van der Waals surface area contributed by atoms with Crippen LogP contribution in [0.2, 0.25) is 0 Å². The van der Waals surface area contributed by atoms with Gasteiger partial charge in [0.15, 0.2) is 0 Å². The summed E-state index contributed by atoms with van der Waals surface area (Å²) in [6.45, 7) is 2.04. The van der Waals surface area contributed by atoms with Crippen molar-refractivity contribution in [2.75, 3.05) is 11.1 Å². The summed E-state index contributed by atoms with van der Waals surface area (Å²) in [4.78, 5) is 0. The fraction of sp³-hybridized carbons (Fsp3) is 0.294. The van der Waals surface area contributed by atoms with E-state index in [0.717, 1.165) is 21.4 Å². The normalized spacial score (nSPS) is 17.6. The third-order valence-electron chi connectivity index (χ3n) is 4.05. The number of nitrogens with two attached hydrogens (primary N) is 1. The Morgan fingerprint density at radius 1 is 1.25 bits per heavy atom. The molecule has 20 heavy (non-hydrogen) atoms. The SMILES string of the molecule is Cc1cc(NC2CCCc3ccccc32)c(Br)cc1N. The fourth-order valence-corrected chi connectivity index (χ4v) is 3.37. The highest BCUT2D eigenvalue weighted by Crippen LogP contribution is 2.35. The van der Waals surface area contributed by atoms with Gasteiger partial charge in [0.2, 0.25) is 0 Å². The van der Waals surface area contributed by atoms with Crippen molar-refractivity contribution in [1.29, 1.82) is 0 Å². The van der Waals surface area contributed by atoms with Crippen LogP contribution in [-0.2, 0) is 6.42 Å². The fourth-order valence-electron chi connectivity index (χ4n) is 2.90. The number of hydrogen-bond acceptors (Lipinski definition) is 2. The van der Waals surface area contributed by atoms with Gasteiger partial charge < -0.3 is 11.1 Å². The molecular weight excluding hydrogens is 312 g/mol. The van der Waals surface area contributed by atoms with Crippen LogP contribution in [0.4, 0.5) is 11.4 Å². The summed E-state index contributed by atoms with van der Waals surface area (Å²) in [5.41, 5.74) is 11.9. The molecule has 0 bridgehead atoms. The molecule has 3 N–H and O–H groups in total. The van der Waals surface area contributed by atoms with Crippen molar-refractivity contribution in [3.63, 3.8) is 0 Å². The molecule has 1 atom stereocenters. The van der Waals surface area contributed by atoms with Crippen LogP contribution < -0.4 is 11.1 Å². The summed E-state index contributed by atoms with van der Waals surface area (Å²) in [6, 6.07) is 13.2. The molecule has 2 aromatic rings. The first-order valence-electron chi connectivity index (χ1n) is 7.05. The third kappa shape index (κ3) is 2.55. The molecule has 1 unspecified atom stereocenters. The Balaban J connectivity index is 1.91. The summed E-state index contributed by atoms with van der Waals surface area (Å²) < 4.78 is 1.03. The monoisotopic (exact) mass is 330 g/mol. The zero-order valence-corrected chi connectivity index (χ0v) is 13.2. The minimum Gasteiger partial charge on any atom is -0.398 e.